The van der Waals surface area contributed by atoms with Crippen molar-refractivity contribution in [1.29, 1.82) is 0 Å². The second kappa shape index (κ2) is 5.64. The van der Waals surface area contributed by atoms with Gasteiger partial charge in [0, 0.05) is 4.47 Å². The molecular weight excluding hydrogens is 254 g/mol. The van der Waals surface area contributed by atoms with Gasteiger partial charge in [0.25, 0.3) is 0 Å². The molecular formula is C12H18BrNO. The number of hydrogen-bond acceptors (Lipinski definition) is 2. The van der Waals surface area contributed by atoms with Crippen LogP contribution in [0, 0.1) is 6.92 Å². The number of halogens is 1. The van der Waals surface area contributed by atoms with Gasteiger partial charge < -0.3 is 10.5 Å². The van der Waals surface area contributed by atoms with Crippen LogP contribution in [0.15, 0.2) is 22.7 Å². The highest BCUT2D eigenvalue weighted by molar-refractivity contribution is 9.10. The summed E-state index contributed by atoms with van der Waals surface area (Å²) < 4.78 is 6.59. The third kappa shape index (κ3) is 3.93. The Morgan fingerprint density at radius 2 is 2.07 bits per heavy atom. The number of aryl methyl sites for hydroxylation is 1. The van der Waals surface area contributed by atoms with E-state index in [1.165, 1.54) is 5.56 Å². The number of rotatable bonds is 4. The van der Waals surface area contributed by atoms with Gasteiger partial charge in [0.15, 0.2) is 0 Å². The Balaban J connectivity index is 2.65. The van der Waals surface area contributed by atoms with Crippen molar-refractivity contribution >= 4 is 15.9 Å². The smallest absolute Gasteiger partial charge is 0.0662 e. The van der Waals surface area contributed by atoms with E-state index in [4.69, 9.17) is 10.5 Å². The molecule has 0 aromatic heterocycles. The largest absolute Gasteiger partial charge is 0.377 e. The lowest BCUT2D eigenvalue weighted by atomic mass is 10.1. The van der Waals surface area contributed by atoms with Crippen LogP contribution in [-0.4, -0.2) is 12.7 Å². The van der Waals surface area contributed by atoms with Crippen LogP contribution in [0.5, 0.6) is 0 Å². The monoisotopic (exact) mass is 271 g/mol. The molecule has 0 saturated heterocycles. The van der Waals surface area contributed by atoms with Gasteiger partial charge >= 0.3 is 0 Å². The van der Waals surface area contributed by atoms with Gasteiger partial charge in [-0.2, -0.15) is 0 Å². The summed E-state index contributed by atoms with van der Waals surface area (Å²) in [5.41, 5.74) is 8.34. The maximum atomic E-state index is 6.02. The number of benzene rings is 1. The molecule has 1 atom stereocenters. The first-order valence-corrected chi connectivity index (χ1v) is 5.93. The van der Waals surface area contributed by atoms with Gasteiger partial charge in [-0.15, -0.1) is 0 Å². The number of ether oxygens (including phenoxy) is 1. The lowest BCUT2D eigenvalue weighted by Gasteiger charge is -2.15. The third-order valence-electron chi connectivity index (χ3n) is 2.23. The van der Waals surface area contributed by atoms with Crippen LogP contribution in [0.1, 0.15) is 31.0 Å². The summed E-state index contributed by atoms with van der Waals surface area (Å²) in [6.07, 6.45) is 0.227. The molecule has 1 rings (SSSR count). The normalized spacial score (nSPS) is 13.2. The second-order valence-corrected chi connectivity index (χ2v) is 4.85. The van der Waals surface area contributed by atoms with E-state index in [1.54, 1.807) is 0 Å². The number of nitrogens with two attached hydrogens (primary N) is 1. The van der Waals surface area contributed by atoms with Crippen LogP contribution < -0.4 is 5.73 Å². The topological polar surface area (TPSA) is 35.2 Å². The highest BCUT2D eigenvalue weighted by atomic mass is 79.9. The quantitative estimate of drug-likeness (QED) is 0.913. The summed E-state index contributed by atoms with van der Waals surface area (Å²) in [4.78, 5) is 0. The molecule has 0 fully saturated rings. The Morgan fingerprint density at radius 3 is 2.60 bits per heavy atom. The van der Waals surface area contributed by atoms with E-state index >= 15 is 0 Å². The van der Waals surface area contributed by atoms with Gasteiger partial charge in [-0.1, -0.05) is 28.1 Å². The molecule has 0 bridgehead atoms. The summed E-state index contributed by atoms with van der Waals surface area (Å²) in [5.74, 6) is 0. The molecule has 0 saturated carbocycles. The maximum absolute atomic E-state index is 6.02. The molecule has 2 N–H and O–H groups in total. The Kier molecular flexibility index (Phi) is 4.77. The van der Waals surface area contributed by atoms with Crippen LogP contribution in [0.25, 0.3) is 0 Å². The van der Waals surface area contributed by atoms with Crippen molar-refractivity contribution in [2.75, 3.05) is 6.61 Å². The third-order valence-corrected chi connectivity index (χ3v) is 3.09. The zero-order valence-electron chi connectivity index (χ0n) is 9.46. The van der Waals surface area contributed by atoms with E-state index in [1.807, 2.05) is 13.8 Å². The minimum absolute atomic E-state index is 0.0516. The lowest BCUT2D eigenvalue weighted by Crippen LogP contribution is -2.19. The molecule has 0 radical (unpaired) electrons. The summed E-state index contributed by atoms with van der Waals surface area (Å²) in [6.45, 7) is 6.65. The predicted molar refractivity (Wildman–Crippen MR) is 66.9 cm³/mol. The molecule has 15 heavy (non-hydrogen) atoms. The molecule has 0 aliphatic heterocycles. The summed E-state index contributed by atoms with van der Waals surface area (Å²) in [7, 11) is 0. The van der Waals surface area contributed by atoms with Crippen LogP contribution in [0.4, 0.5) is 0 Å². The minimum Gasteiger partial charge on any atom is -0.377 e. The van der Waals surface area contributed by atoms with E-state index in [9.17, 15) is 0 Å². The number of hydrogen-bond donors (Lipinski definition) is 1. The van der Waals surface area contributed by atoms with Gasteiger partial charge in [0.2, 0.25) is 0 Å². The fraction of sp³-hybridized carbons (Fsp3) is 0.500. The zero-order valence-corrected chi connectivity index (χ0v) is 11.0. The molecule has 2 nitrogen and oxygen atoms in total. The summed E-state index contributed by atoms with van der Waals surface area (Å²) in [5, 5.41) is 0. The molecule has 0 aliphatic rings. The molecule has 0 heterocycles. The van der Waals surface area contributed by atoms with Crippen molar-refractivity contribution in [1.82, 2.24) is 0 Å². The fourth-order valence-corrected chi connectivity index (χ4v) is 1.63. The predicted octanol–water partition coefficient (Wildman–Crippen LogP) is 3.18. The Labute approximate surface area is 99.9 Å². The molecule has 0 spiro atoms. The second-order valence-electron chi connectivity index (χ2n) is 4.00. The van der Waals surface area contributed by atoms with Gasteiger partial charge in [0.05, 0.1) is 18.8 Å². The van der Waals surface area contributed by atoms with Crippen LogP contribution in [-0.2, 0) is 4.74 Å². The van der Waals surface area contributed by atoms with Crippen LogP contribution in [0.2, 0.25) is 0 Å². The first-order valence-electron chi connectivity index (χ1n) is 5.14. The van der Waals surface area contributed by atoms with E-state index in [0.29, 0.717) is 6.61 Å². The van der Waals surface area contributed by atoms with Crippen molar-refractivity contribution in [2.24, 2.45) is 5.73 Å². The summed E-state index contributed by atoms with van der Waals surface area (Å²) in [6, 6.07) is 6.12. The van der Waals surface area contributed by atoms with E-state index in [2.05, 4.69) is 41.1 Å². The van der Waals surface area contributed by atoms with Gasteiger partial charge in [-0.25, -0.2) is 0 Å². The SMILES string of the molecule is Cc1ccc(C(N)COC(C)C)cc1Br. The van der Waals surface area contributed by atoms with Crippen molar-refractivity contribution in [3.8, 4) is 0 Å². The standard InChI is InChI=1S/C12H18BrNO/c1-8(2)15-7-12(14)10-5-4-9(3)11(13)6-10/h4-6,8,12H,7,14H2,1-3H3. The van der Waals surface area contributed by atoms with Crippen molar-refractivity contribution < 1.29 is 4.74 Å². The van der Waals surface area contributed by atoms with Crippen molar-refractivity contribution in [2.45, 2.75) is 32.9 Å². The molecule has 1 aromatic carbocycles. The van der Waals surface area contributed by atoms with E-state index in [0.717, 1.165) is 10.0 Å². The van der Waals surface area contributed by atoms with Gasteiger partial charge in [-0.05, 0) is 38.0 Å². The molecule has 1 aromatic rings. The first-order chi connectivity index (χ1) is 7.00. The van der Waals surface area contributed by atoms with Crippen molar-refractivity contribution in [3.63, 3.8) is 0 Å². The van der Waals surface area contributed by atoms with Crippen LogP contribution >= 0.6 is 15.9 Å². The van der Waals surface area contributed by atoms with Gasteiger partial charge in [-0.3, -0.25) is 0 Å². The maximum Gasteiger partial charge on any atom is 0.0662 e. The average molecular weight is 272 g/mol. The highest BCUT2D eigenvalue weighted by Gasteiger charge is 2.08. The molecule has 3 heteroatoms. The van der Waals surface area contributed by atoms with Gasteiger partial charge in [0.1, 0.15) is 0 Å². The highest BCUT2D eigenvalue weighted by Crippen LogP contribution is 2.21. The lowest BCUT2D eigenvalue weighted by molar-refractivity contribution is 0.0683. The van der Waals surface area contributed by atoms with Crippen molar-refractivity contribution in [3.05, 3.63) is 33.8 Å². The Bertz CT molecular complexity index is 325. The zero-order chi connectivity index (χ0) is 11.4. The molecule has 0 aliphatic carbocycles. The fourth-order valence-electron chi connectivity index (χ4n) is 1.23. The molecule has 1 unspecified atom stereocenters. The average Bonchev–Trinajstić information content (AvgIpc) is 2.18. The summed E-state index contributed by atoms with van der Waals surface area (Å²) >= 11 is 3.50. The van der Waals surface area contributed by atoms with E-state index in [-0.39, 0.29) is 12.1 Å². The molecule has 84 valence electrons. The Morgan fingerprint density at radius 1 is 1.40 bits per heavy atom. The van der Waals surface area contributed by atoms with Crippen LogP contribution in [0.3, 0.4) is 0 Å². The van der Waals surface area contributed by atoms with E-state index < -0.39 is 0 Å². The minimum atomic E-state index is -0.0516. The first kappa shape index (κ1) is 12.7. The Hall–Kier alpha value is -0.380. The molecule has 0 amide bonds.